The van der Waals surface area contributed by atoms with Gasteiger partial charge in [-0.25, -0.2) is 19.0 Å². The number of benzene rings is 1. The number of nitrogens with zero attached hydrogens (tertiary/aromatic N) is 1. The lowest BCUT2D eigenvalue weighted by Gasteiger charge is -2.13. The van der Waals surface area contributed by atoms with E-state index in [1.165, 1.54) is 25.3 Å². The number of rotatable bonds is 4. The van der Waals surface area contributed by atoms with Crippen LogP contribution in [0, 0.1) is 11.8 Å². The maximum Gasteiger partial charge on any atom is 0.264 e. The van der Waals surface area contributed by atoms with Gasteiger partial charge in [0.2, 0.25) is 11.8 Å². The monoisotopic (exact) mass is 327 g/mol. The van der Waals surface area contributed by atoms with Gasteiger partial charge in [-0.1, -0.05) is 13.0 Å². The first-order valence-electron chi connectivity index (χ1n) is 6.53. The molecule has 2 unspecified atom stereocenters. The maximum absolute atomic E-state index is 12.2. The summed E-state index contributed by atoms with van der Waals surface area (Å²) in [4.78, 5) is 23.8. The average molecular weight is 327 g/mol. The fraction of sp³-hybridized carbons (Fsp3) is 0.385. The van der Waals surface area contributed by atoms with Crippen LogP contribution < -0.4 is 15.3 Å². The molecule has 1 heterocycles. The smallest absolute Gasteiger partial charge is 0.264 e. The van der Waals surface area contributed by atoms with Crippen LogP contribution in [0.2, 0.25) is 0 Å². The van der Waals surface area contributed by atoms with E-state index in [1.807, 2.05) is 4.72 Å². The molecule has 0 aliphatic carbocycles. The Morgan fingerprint density at radius 3 is 2.68 bits per heavy atom. The zero-order valence-electron chi connectivity index (χ0n) is 12.1. The fourth-order valence-electron chi connectivity index (χ4n) is 2.32. The van der Waals surface area contributed by atoms with Gasteiger partial charge in [-0.15, -0.1) is 0 Å². The van der Waals surface area contributed by atoms with E-state index in [-0.39, 0.29) is 17.4 Å². The quantitative estimate of drug-likeness (QED) is 0.436. The first kappa shape index (κ1) is 16.2. The SMILES string of the molecule is COc1cccc(S(=O)(=O)NC(=O)C2C(=O)N(N)CC2C)c1. The van der Waals surface area contributed by atoms with Crippen molar-refractivity contribution in [2.45, 2.75) is 11.8 Å². The molecule has 1 aromatic rings. The maximum atomic E-state index is 12.2. The molecule has 0 bridgehead atoms. The normalized spacial score (nSPS) is 21.8. The van der Waals surface area contributed by atoms with E-state index in [2.05, 4.69) is 0 Å². The molecule has 2 atom stereocenters. The topological polar surface area (TPSA) is 119 Å². The average Bonchev–Trinajstić information content (AvgIpc) is 2.71. The Bertz CT molecular complexity index is 703. The van der Waals surface area contributed by atoms with Crippen molar-refractivity contribution in [3.05, 3.63) is 24.3 Å². The Morgan fingerprint density at radius 2 is 2.14 bits per heavy atom. The summed E-state index contributed by atoms with van der Waals surface area (Å²) in [5, 5.41) is 0.924. The molecule has 0 saturated carbocycles. The van der Waals surface area contributed by atoms with E-state index < -0.39 is 27.8 Å². The first-order chi connectivity index (χ1) is 10.3. The van der Waals surface area contributed by atoms with Crippen LogP contribution in [0.4, 0.5) is 0 Å². The molecule has 0 radical (unpaired) electrons. The van der Waals surface area contributed by atoms with Crippen molar-refractivity contribution < 1.29 is 22.7 Å². The van der Waals surface area contributed by atoms with Gasteiger partial charge in [-0.05, 0) is 18.1 Å². The third-order valence-corrected chi connectivity index (χ3v) is 4.82. The number of hydrogen-bond acceptors (Lipinski definition) is 6. The van der Waals surface area contributed by atoms with Gasteiger partial charge in [-0.3, -0.25) is 14.6 Å². The van der Waals surface area contributed by atoms with Crippen molar-refractivity contribution in [2.75, 3.05) is 13.7 Å². The Kier molecular flexibility index (Phi) is 4.38. The molecule has 3 N–H and O–H groups in total. The summed E-state index contributed by atoms with van der Waals surface area (Å²) >= 11 is 0. The van der Waals surface area contributed by atoms with E-state index in [0.717, 1.165) is 5.01 Å². The van der Waals surface area contributed by atoms with Crippen LogP contribution in [-0.2, 0) is 19.6 Å². The lowest BCUT2D eigenvalue weighted by atomic mass is 9.97. The second-order valence-corrected chi connectivity index (χ2v) is 6.78. The number of amides is 2. The Morgan fingerprint density at radius 1 is 1.45 bits per heavy atom. The van der Waals surface area contributed by atoms with Crippen LogP contribution in [0.15, 0.2) is 29.2 Å². The molecule has 1 aliphatic rings. The number of nitrogens with one attached hydrogen (secondary N) is 1. The van der Waals surface area contributed by atoms with E-state index in [4.69, 9.17) is 10.6 Å². The molecule has 8 nitrogen and oxygen atoms in total. The van der Waals surface area contributed by atoms with Gasteiger partial charge in [0.15, 0.2) is 0 Å². The molecule has 2 amide bonds. The Hall–Kier alpha value is -2.13. The van der Waals surface area contributed by atoms with Crippen LogP contribution in [0.1, 0.15) is 6.92 Å². The Labute approximate surface area is 128 Å². The van der Waals surface area contributed by atoms with Crippen LogP contribution in [0.3, 0.4) is 0 Å². The molecule has 0 aromatic heterocycles. The van der Waals surface area contributed by atoms with Crippen molar-refractivity contribution in [2.24, 2.45) is 17.7 Å². The highest BCUT2D eigenvalue weighted by atomic mass is 32.2. The fourth-order valence-corrected chi connectivity index (χ4v) is 3.36. The van der Waals surface area contributed by atoms with Crippen LogP contribution in [0.5, 0.6) is 5.75 Å². The Balaban J connectivity index is 2.21. The van der Waals surface area contributed by atoms with Gasteiger partial charge >= 0.3 is 0 Å². The summed E-state index contributed by atoms with van der Waals surface area (Å²) in [6.07, 6.45) is 0. The molecular formula is C13H17N3O5S. The number of carbonyl (C=O) groups is 2. The third kappa shape index (κ3) is 3.04. The molecule has 1 aliphatic heterocycles. The molecule has 9 heteroatoms. The molecule has 120 valence electrons. The summed E-state index contributed by atoms with van der Waals surface area (Å²) in [6.45, 7) is 1.86. The molecule has 1 fully saturated rings. The van der Waals surface area contributed by atoms with Gasteiger partial charge < -0.3 is 4.74 Å². The van der Waals surface area contributed by atoms with Gasteiger partial charge in [-0.2, -0.15) is 0 Å². The van der Waals surface area contributed by atoms with Gasteiger partial charge in [0, 0.05) is 12.6 Å². The van der Waals surface area contributed by atoms with Crippen molar-refractivity contribution in [3.8, 4) is 5.75 Å². The van der Waals surface area contributed by atoms with Crippen LogP contribution >= 0.6 is 0 Å². The highest BCUT2D eigenvalue weighted by molar-refractivity contribution is 7.90. The number of carbonyl (C=O) groups excluding carboxylic acids is 2. The zero-order chi connectivity index (χ0) is 16.5. The van der Waals surface area contributed by atoms with Gasteiger partial charge in [0.05, 0.1) is 12.0 Å². The largest absolute Gasteiger partial charge is 0.497 e. The van der Waals surface area contributed by atoms with E-state index in [9.17, 15) is 18.0 Å². The summed E-state index contributed by atoms with van der Waals surface area (Å²) in [7, 11) is -2.68. The molecule has 22 heavy (non-hydrogen) atoms. The highest BCUT2D eigenvalue weighted by Gasteiger charge is 2.42. The van der Waals surface area contributed by atoms with E-state index in [0.29, 0.717) is 5.75 Å². The summed E-state index contributed by atoms with van der Waals surface area (Å²) in [5.41, 5.74) is 0. The van der Waals surface area contributed by atoms with Crippen molar-refractivity contribution in [3.63, 3.8) is 0 Å². The minimum Gasteiger partial charge on any atom is -0.497 e. The second-order valence-electron chi connectivity index (χ2n) is 5.09. The highest BCUT2D eigenvalue weighted by Crippen LogP contribution is 2.23. The summed E-state index contributed by atoms with van der Waals surface area (Å²) < 4.78 is 31.3. The molecule has 2 rings (SSSR count). The van der Waals surface area contributed by atoms with E-state index >= 15 is 0 Å². The van der Waals surface area contributed by atoms with Crippen molar-refractivity contribution >= 4 is 21.8 Å². The minimum atomic E-state index is -4.08. The summed E-state index contributed by atoms with van der Waals surface area (Å²) in [6, 6.07) is 5.68. The number of ether oxygens (including phenoxy) is 1. The predicted octanol–water partition coefficient (Wildman–Crippen LogP) is -0.532. The lowest BCUT2D eigenvalue weighted by Crippen LogP contribution is -2.42. The second kappa shape index (κ2) is 5.93. The first-order valence-corrected chi connectivity index (χ1v) is 8.01. The molecule has 0 spiro atoms. The van der Waals surface area contributed by atoms with Gasteiger partial charge in [0.25, 0.3) is 10.0 Å². The number of hydrazine groups is 1. The number of methoxy groups -OCH3 is 1. The lowest BCUT2D eigenvalue weighted by molar-refractivity contribution is -0.137. The zero-order valence-corrected chi connectivity index (χ0v) is 13.0. The van der Waals surface area contributed by atoms with Crippen LogP contribution in [-0.4, -0.2) is 38.9 Å². The van der Waals surface area contributed by atoms with Crippen LogP contribution in [0.25, 0.3) is 0 Å². The number of sulfonamides is 1. The number of nitrogens with two attached hydrogens (primary N) is 1. The standard InChI is InChI=1S/C13H17N3O5S/c1-8-7-16(14)13(18)11(8)12(17)15-22(19,20)10-5-3-4-9(6-10)21-2/h3-6,8,11H,7,14H2,1-2H3,(H,15,17). The predicted molar refractivity (Wildman–Crippen MR) is 76.9 cm³/mol. The third-order valence-electron chi connectivity index (χ3n) is 3.47. The number of hydrogen-bond donors (Lipinski definition) is 2. The molecular weight excluding hydrogens is 310 g/mol. The molecule has 1 aromatic carbocycles. The molecule has 1 saturated heterocycles. The minimum absolute atomic E-state index is 0.122. The van der Waals surface area contributed by atoms with Crippen molar-refractivity contribution in [1.82, 2.24) is 9.73 Å². The van der Waals surface area contributed by atoms with Gasteiger partial charge in [0.1, 0.15) is 11.7 Å². The van der Waals surface area contributed by atoms with Crippen molar-refractivity contribution in [1.29, 1.82) is 0 Å². The van der Waals surface area contributed by atoms with E-state index in [1.54, 1.807) is 13.0 Å². The summed E-state index contributed by atoms with van der Waals surface area (Å²) in [5.74, 6) is 2.85.